The number of allylic oxidation sites excluding steroid dienone is 3. The van der Waals surface area contributed by atoms with Gasteiger partial charge in [-0.25, -0.2) is 0 Å². The van der Waals surface area contributed by atoms with Gasteiger partial charge in [0.05, 0.1) is 25.9 Å². The third-order valence-corrected chi connectivity index (χ3v) is 5.87. The van der Waals surface area contributed by atoms with Crippen LogP contribution in [0.15, 0.2) is 24.3 Å². The quantitative estimate of drug-likeness (QED) is 0.258. The van der Waals surface area contributed by atoms with E-state index in [4.69, 9.17) is 13.8 Å². The van der Waals surface area contributed by atoms with Gasteiger partial charge >= 0.3 is 7.60 Å². The van der Waals surface area contributed by atoms with Crippen LogP contribution in [0.4, 0.5) is 0 Å². The first-order valence-corrected chi connectivity index (χ1v) is 11.2. The van der Waals surface area contributed by atoms with Crippen LogP contribution in [-0.4, -0.2) is 62.4 Å². The van der Waals surface area contributed by atoms with Gasteiger partial charge in [-0.3, -0.25) is 4.57 Å². The van der Waals surface area contributed by atoms with Crippen molar-refractivity contribution in [2.45, 2.75) is 52.7 Å². The summed E-state index contributed by atoms with van der Waals surface area (Å²) in [6.07, 6.45) is 9.04. The number of aliphatic hydroxyl groups is 1. The zero-order valence-electron chi connectivity index (χ0n) is 17.3. The Morgan fingerprint density at radius 1 is 1.08 bits per heavy atom. The average Bonchev–Trinajstić information content (AvgIpc) is 2.57. The van der Waals surface area contributed by atoms with E-state index in [-0.39, 0.29) is 24.4 Å². The molecule has 0 bridgehead atoms. The van der Waals surface area contributed by atoms with Crippen molar-refractivity contribution in [2.75, 3.05) is 40.3 Å². The van der Waals surface area contributed by atoms with Crippen LogP contribution in [0.3, 0.4) is 0 Å². The van der Waals surface area contributed by atoms with E-state index in [0.29, 0.717) is 19.8 Å². The Kier molecular flexibility index (Phi) is 14.3. The third kappa shape index (κ3) is 10.6. The number of likely N-dealkylation sites (N-methyl/N-ethyl adjacent to an activating group) is 1. The molecule has 0 aromatic heterocycles. The van der Waals surface area contributed by atoms with E-state index in [1.165, 1.54) is 0 Å². The van der Waals surface area contributed by atoms with Crippen molar-refractivity contribution in [1.82, 2.24) is 4.90 Å². The van der Waals surface area contributed by atoms with Crippen molar-refractivity contribution in [2.24, 2.45) is 5.92 Å². The molecule has 0 aromatic rings. The Morgan fingerprint density at radius 2 is 1.65 bits per heavy atom. The maximum absolute atomic E-state index is 12.2. The van der Waals surface area contributed by atoms with E-state index in [0.717, 1.165) is 12.8 Å². The summed E-state index contributed by atoms with van der Waals surface area (Å²) >= 11 is 0. The highest BCUT2D eigenvalue weighted by molar-refractivity contribution is 7.53. The Hall–Kier alpha value is -0.490. The van der Waals surface area contributed by atoms with Crippen LogP contribution in [0.1, 0.15) is 40.5 Å². The number of hydrogen-bond acceptors (Lipinski definition) is 6. The number of ether oxygens (including phenoxy) is 1. The largest absolute Gasteiger partial charge is 0.391 e. The van der Waals surface area contributed by atoms with Crippen LogP contribution in [-0.2, 0) is 18.3 Å². The van der Waals surface area contributed by atoms with Gasteiger partial charge in [-0.15, -0.1) is 0 Å². The Bertz CT molecular complexity index is 443. The lowest BCUT2D eigenvalue weighted by Gasteiger charge is -2.31. The predicted molar refractivity (Wildman–Crippen MR) is 108 cm³/mol. The van der Waals surface area contributed by atoms with Crippen LogP contribution in [0.5, 0.6) is 0 Å². The maximum atomic E-state index is 12.2. The first-order chi connectivity index (χ1) is 12.3. The Balaban J connectivity index is 4.16. The van der Waals surface area contributed by atoms with Gasteiger partial charge in [0.1, 0.15) is 6.35 Å². The molecule has 3 atom stereocenters. The van der Waals surface area contributed by atoms with Gasteiger partial charge in [0.15, 0.2) is 0 Å². The molecule has 154 valence electrons. The first kappa shape index (κ1) is 25.5. The van der Waals surface area contributed by atoms with Gasteiger partial charge in [0.2, 0.25) is 0 Å². The van der Waals surface area contributed by atoms with Crippen LogP contribution in [0.25, 0.3) is 0 Å². The summed E-state index contributed by atoms with van der Waals surface area (Å²) < 4.78 is 27.8. The summed E-state index contributed by atoms with van der Waals surface area (Å²) in [6, 6.07) is 0.175. The van der Waals surface area contributed by atoms with E-state index in [9.17, 15) is 9.67 Å². The van der Waals surface area contributed by atoms with E-state index in [2.05, 4.69) is 18.7 Å². The van der Waals surface area contributed by atoms with E-state index < -0.39 is 7.60 Å². The molecule has 0 saturated heterocycles. The molecule has 0 aromatic carbocycles. The molecule has 1 unspecified atom stereocenters. The standard InChI is InChI=1S/C19H38NO5P/c1-7-18(20(5)6)19(21)17(4)14-12-10-11-13-15-23-16-26(22,24-8-2)25-9-3/h10-13,17-19,21H,7-9,14-16H2,1-6H3/b12-10+,13-11+/t17-,18?,19-/m1/s1. The normalized spacial score (nSPS) is 16.6. The fraction of sp³-hybridized carbons (Fsp3) is 0.789. The number of nitrogens with zero attached hydrogens (tertiary/aromatic N) is 1. The molecular formula is C19H38NO5P. The van der Waals surface area contributed by atoms with Crippen LogP contribution in [0.2, 0.25) is 0 Å². The topological polar surface area (TPSA) is 68.2 Å². The summed E-state index contributed by atoms with van der Waals surface area (Å²) in [5.41, 5.74) is 0. The molecule has 0 aliphatic heterocycles. The van der Waals surface area contributed by atoms with Gasteiger partial charge in [-0.05, 0) is 46.7 Å². The summed E-state index contributed by atoms with van der Waals surface area (Å²) in [7, 11) is 0.866. The average molecular weight is 391 g/mol. The van der Waals surface area contributed by atoms with Gasteiger partial charge < -0.3 is 23.8 Å². The molecule has 0 amide bonds. The molecule has 0 heterocycles. The number of aliphatic hydroxyl groups excluding tert-OH is 1. The fourth-order valence-corrected chi connectivity index (χ4v) is 4.01. The van der Waals surface area contributed by atoms with Crippen molar-refractivity contribution in [3.8, 4) is 0 Å². The highest BCUT2D eigenvalue weighted by Crippen LogP contribution is 2.47. The van der Waals surface area contributed by atoms with Crippen molar-refractivity contribution < 1.29 is 23.5 Å². The van der Waals surface area contributed by atoms with E-state index in [1.54, 1.807) is 13.8 Å². The van der Waals surface area contributed by atoms with Crippen molar-refractivity contribution in [1.29, 1.82) is 0 Å². The maximum Gasteiger partial charge on any atom is 0.356 e. The van der Waals surface area contributed by atoms with Gasteiger partial charge in [-0.2, -0.15) is 0 Å². The van der Waals surface area contributed by atoms with Crippen LogP contribution < -0.4 is 0 Å². The third-order valence-electron chi connectivity index (χ3n) is 4.07. The molecule has 0 rings (SSSR count). The Labute approximate surface area is 159 Å². The Morgan fingerprint density at radius 3 is 2.15 bits per heavy atom. The molecule has 26 heavy (non-hydrogen) atoms. The second-order valence-corrected chi connectivity index (χ2v) is 8.44. The van der Waals surface area contributed by atoms with Crippen molar-refractivity contribution in [3.63, 3.8) is 0 Å². The molecule has 0 aliphatic carbocycles. The van der Waals surface area contributed by atoms with Crippen LogP contribution in [0, 0.1) is 5.92 Å². The predicted octanol–water partition coefficient (Wildman–Crippen LogP) is 4.07. The lowest BCUT2D eigenvalue weighted by atomic mass is 9.92. The molecule has 0 fully saturated rings. The molecular weight excluding hydrogens is 353 g/mol. The summed E-state index contributed by atoms with van der Waals surface area (Å²) in [5, 5.41) is 10.4. The summed E-state index contributed by atoms with van der Waals surface area (Å²) in [6.45, 7) is 8.70. The van der Waals surface area contributed by atoms with Gasteiger partial charge in [-0.1, -0.05) is 38.2 Å². The van der Waals surface area contributed by atoms with E-state index in [1.807, 2.05) is 38.4 Å². The zero-order chi connectivity index (χ0) is 20.0. The zero-order valence-corrected chi connectivity index (χ0v) is 18.2. The van der Waals surface area contributed by atoms with Crippen molar-refractivity contribution >= 4 is 7.60 Å². The molecule has 0 radical (unpaired) electrons. The first-order valence-electron chi connectivity index (χ1n) is 9.43. The lowest BCUT2D eigenvalue weighted by Crippen LogP contribution is -2.41. The molecule has 0 spiro atoms. The minimum atomic E-state index is -3.13. The van der Waals surface area contributed by atoms with Gasteiger partial charge in [0.25, 0.3) is 0 Å². The molecule has 0 saturated carbocycles. The summed E-state index contributed by atoms with van der Waals surface area (Å²) in [5.74, 6) is 0.187. The van der Waals surface area contributed by atoms with Gasteiger partial charge in [0, 0.05) is 6.04 Å². The van der Waals surface area contributed by atoms with E-state index >= 15 is 0 Å². The smallest absolute Gasteiger partial charge is 0.356 e. The number of hydrogen-bond donors (Lipinski definition) is 1. The SMILES string of the molecule is CCOP(=O)(COC/C=C/C=C/C[C@@H](C)[C@@H](O)C(CC)N(C)C)OCC. The minimum Gasteiger partial charge on any atom is -0.391 e. The second-order valence-electron chi connectivity index (χ2n) is 6.45. The highest BCUT2D eigenvalue weighted by Gasteiger charge is 2.24. The molecule has 6 nitrogen and oxygen atoms in total. The monoisotopic (exact) mass is 391 g/mol. The second kappa shape index (κ2) is 14.6. The number of rotatable bonds is 15. The lowest BCUT2D eigenvalue weighted by molar-refractivity contribution is 0.0341. The van der Waals surface area contributed by atoms with Crippen molar-refractivity contribution in [3.05, 3.63) is 24.3 Å². The molecule has 1 N–H and O–H groups in total. The molecule has 0 aliphatic rings. The summed E-state index contributed by atoms with van der Waals surface area (Å²) in [4.78, 5) is 2.07. The fourth-order valence-electron chi connectivity index (χ4n) is 2.67. The highest BCUT2D eigenvalue weighted by atomic mass is 31.2. The minimum absolute atomic E-state index is 0.0467. The molecule has 7 heteroatoms. The van der Waals surface area contributed by atoms with Crippen LogP contribution >= 0.6 is 7.60 Å².